The van der Waals surface area contributed by atoms with Crippen LogP contribution in [0.15, 0.2) is 30.3 Å². The van der Waals surface area contributed by atoms with Gasteiger partial charge in [-0.25, -0.2) is 13.6 Å². The van der Waals surface area contributed by atoms with E-state index in [4.69, 9.17) is 9.47 Å². The zero-order valence-electron chi connectivity index (χ0n) is 21.4. The molecule has 190 valence electrons. The molecule has 1 atom stereocenters. The first-order valence-corrected chi connectivity index (χ1v) is 11.6. The van der Waals surface area contributed by atoms with Crippen molar-refractivity contribution in [3.8, 4) is 0 Å². The van der Waals surface area contributed by atoms with Gasteiger partial charge < -0.3 is 14.8 Å². The number of benzene rings is 2. The SMILES string of the molecule is COCc1ccc2c(c1)CCN(C(=O)OC(C)(C)C)[C@@H]2C(=O)Nc1cc(F)c(C(C)(C)C)c(F)c1. The largest absolute Gasteiger partial charge is 0.444 e. The molecule has 1 N–H and O–H groups in total. The van der Waals surface area contributed by atoms with Gasteiger partial charge in [0.05, 0.1) is 6.61 Å². The molecule has 3 rings (SSSR count). The minimum Gasteiger partial charge on any atom is -0.444 e. The fourth-order valence-electron chi connectivity index (χ4n) is 4.31. The van der Waals surface area contributed by atoms with Crippen LogP contribution >= 0.6 is 0 Å². The second kappa shape index (κ2) is 9.93. The first-order chi connectivity index (χ1) is 16.2. The maximum atomic E-state index is 14.8. The average Bonchev–Trinajstić information content (AvgIpc) is 2.70. The van der Waals surface area contributed by atoms with Gasteiger partial charge in [-0.05, 0) is 61.4 Å². The molecule has 1 aliphatic rings. The fourth-order valence-corrected chi connectivity index (χ4v) is 4.31. The lowest BCUT2D eigenvalue weighted by Crippen LogP contribution is -2.47. The molecule has 6 nitrogen and oxygen atoms in total. The number of nitrogens with one attached hydrogen (secondary N) is 1. The van der Waals surface area contributed by atoms with Crippen LogP contribution in [0.4, 0.5) is 19.3 Å². The second-order valence-electron chi connectivity index (χ2n) is 10.8. The van der Waals surface area contributed by atoms with E-state index >= 15 is 0 Å². The van der Waals surface area contributed by atoms with Crippen LogP contribution in [0.3, 0.4) is 0 Å². The van der Waals surface area contributed by atoms with Crippen LogP contribution in [0.1, 0.15) is 69.8 Å². The van der Waals surface area contributed by atoms with Crippen LogP contribution in [0.25, 0.3) is 0 Å². The molecular formula is C27H34F2N2O4. The van der Waals surface area contributed by atoms with Gasteiger partial charge >= 0.3 is 6.09 Å². The highest BCUT2D eigenvalue weighted by Crippen LogP contribution is 2.34. The van der Waals surface area contributed by atoms with E-state index in [-0.39, 0.29) is 17.8 Å². The summed E-state index contributed by atoms with van der Waals surface area (Å²) in [5.74, 6) is -2.08. The van der Waals surface area contributed by atoms with Crippen molar-refractivity contribution in [3.05, 3.63) is 64.2 Å². The third-order valence-corrected chi connectivity index (χ3v) is 5.68. The van der Waals surface area contributed by atoms with E-state index in [9.17, 15) is 18.4 Å². The Kier molecular flexibility index (Phi) is 7.55. The number of carbonyl (C=O) groups excluding carboxylic acids is 2. The number of fused-ring (bicyclic) bond motifs is 1. The molecule has 35 heavy (non-hydrogen) atoms. The highest BCUT2D eigenvalue weighted by Gasteiger charge is 2.38. The highest BCUT2D eigenvalue weighted by molar-refractivity contribution is 5.98. The first-order valence-electron chi connectivity index (χ1n) is 11.6. The maximum Gasteiger partial charge on any atom is 0.411 e. The summed E-state index contributed by atoms with van der Waals surface area (Å²) in [6.07, 6.45) is -0.107. The Morgan fingerprint density at radius 2 is 1.69 bits per heavy atom. The van der Waals surface area contributed by atoms with Crippen molar-refractivity contribution in [3.63, 3.8) is 0 Å². The van der Waals surface area contributed by atoms with Crippen molar-refractivity contribution in [2.24, 2.45) is 0 Å². The Morgan fingerprint density at radius 3 is 2.23 bits per heavy atom. The van der Waals surface area contributed by atoms with Crippen molar-refractivity contribution >= 4 is 17.7 Å². The van der Waals surface area contributed by atoms with Crippen LogP contribution in [0.2, 0.25) is 0 Å². The summed E-state index contributed by atoms with van der Waals surface area (Å²) in [6.45, 7) is 11.0. The Balaban J connectivity index is 1.99. The third-order valence-electron chi connectivity index (χ3n) is 5.68. The van der Waals surface area contributed by atoms with Crippen molar-refractivity contribution in [1.29, 1.82) is 0 Å². The molecule has 0 unspecified atom stereocenters. The molecular weight excluding hydrogens is 454 g/mol. The fraction of sp³-hybridized carbons (Fsp3) is 0.481. The summed E-state index contributed by atoms with van der Waals surface area (Å²) in [6, 6.07) is 6.74. The van der Waals surface area contributed by atoms with Crippen molar-refractivity contribution in [2.75, 3.05) is 19.0 Å². The molecule has 2 aromatic rings. The van der Waals surface area contributed by atoms with Gasteiger partial charge in [-0.3, -0.25) is 9.69 Å². The molecule has 2 aromatic carbocycles. The monoisotopic (exact) mass is 488 g/mol. The van der Waals surface area contributed by atoms with Gasteiger partial charge in [0.2, 0.25) is 0 Å². The van der Waals surface area contributed by atoms with Crippen LogP contribution in [-0.4, -0.2) is 36.2 Å². The molecule has 0 spiro atoms. The molecule has 1 aliphatic heterocycles. The van der Waals surface area contributed by atoms with Gasteiger partial charge in [0.1, 0.15) is 23.3 Å². The van der Waals surface area contributed by atoms with E-state index in [1.165, 1.54) is 4.90 Å². The van der Waals surface area contributed by atoms with Gasteiger partial charge in [-0.2, -0.15) is 0 Å². The Morgan fingerprint density at radius 1 is 1.06 bits per heavy atom. The third kappa shape index (κ3) is 6.17. The topological polar surface area (TPSA) is 67.9 Å². The molecule has 1 heterocycles. The molecule has 2 amide bonds. The molecule has 8 heteroatoms. The summed E-state index contributed by atoms with van der Waals surface area (Å²) >= 11 is 0. The van der Waals surface area contributed by atoms with Crippen molar-refractivity contribution in [1.82, 2.24) is 4.90 Å². The molecule has 0 aliphatic carbocycles. The Hall–Kier alpha value is -3.00. The number of hydrogen-bond acceptors (Lipinski definition) is 4. The average molecular weight is 489 g/mol. The van der Waals surface area contributed by atoms with Crippen molar-refractivity contribution in [2.45, 2.75) is 71.6 Å². The smallest absolute Gasteiger partial charge is 0.411 e. The zero-order valence-corrected chi connectivity index (χ0v) is 21.4. The van der Waals surface area contributed by atoms with Crippen LogP contribution in [-0.2, 0) is 32.7 Å². The first kappa shape index (κ1) is 26.6. The van der Waals surface area contributed by atoms with Crippen LogP contribution in [0.5, 0.6) is 0 Å². The number of methoxy groups -OCH3 is 1. The number of ether oxygens (including phenoxy) is 2. The van der Waals surface area contributed by atoms with E-state index in [0.29, 0.717) is 18.6 Å². The van der Waals surface area contributed by atoms with E-state index in [2.05, 4.69) is 5.32 Å². The molecule has 0 saturated carbocycles. The van der Waals surface area contributed by atoms with Gasteiger partial charge in [0.15, 0.2) is 0 Å². The van der Waals surface area contributed by atoms with Gasteiger partial charge in [0, 0.05) is 24.9 Å². The zero-order chi connectivity index (χ0) is 26.1. The lowest BCUT2D eigenvalue weighted by Gasteiger charge is -2.37. The summed E-state index contributed by atoms with van der Waals surface area (Å²) in [5, 5.41) is 2.61. The number of anilines is 1. The number of carbonyl (C=O) groups is 2. The number of hydrogen-bond donors (Lipinski definition) is 1. The number of rotatable bonds is 4. The quantitative estimate of drug-likeness (QED) is 0.584. The van der Waals surface area contributed by atoms with Gasteiger partial charge in [0.25, 0.3) is 5.91 Å². The predicted octanol–water partition coefficient (Wildman–Crippen LogP) is 5.88. The maximum absolute atomic E-state index is 14.8. The van der Waals surface area contributed by atoms with Gasteiger partial charge in [-0.15, -0.1) is 0 Å². The lowest BCUT2D eigenvalue weighted by molar-refractivity contribution is -0.121. The number of amides is 2. The molecule has 0 fully saturated rings. The van der Waals surface area contributed by atoms with Crippen LogP contribution in [0, 0.1) is 11.6 Å². The lowest BCUT2D eigenvalue weighted by atomic mass is 9.86. The number of nitrogens with zero attached hydrogens (tertiary/aromatic N) is 1. The standard InChI is InChI=1S/C27H34F2N2O4/c1-26(2,3)22-20(28)13-18(14-21(22)29)30-24(32)23-19-9-8-16(15-34-7)12-17(19)10-11-31(23)25(33)35-27(4,5)6/h8-9,12-14,23H,10-11,15H2,1-7H3,(H,30,32)/t23-/m0/s1. The summed E-state index contributed by atoms with van der Waals surface area (Å²) < 4.78 is 40.3. The summed E-state index contributed by atoms with van der Waals surface area (Å²) in [4.78, 5) is 27.9. The normalized spacial score (nSPS) is 16.0. The molecule has 0 bridgehead atoms. The van der Waals surface area contributed by atoms with Gasteiger partial charge in [-0.1, -0.05) is 39.0 Å². The van der Waals surface area contributed by atoms with Crippen LogP contribution < -0.4 is 5.32 Å². The highest BCUT2D eigenvalue weighted by atomic mass is 19.1. The van der Waals surface area contributed by atoms with E-state index < -0.39 is 40.7 Å². The Labute approximate surface area is 205 Å². The second-order valence-corrected chi connectivity index (χ2v) is 10.8. The summed E-state index contributed by atoms with van der Waals surface area (Å²) in [5.41, 5.74) is 0.900. The van der Waals surface area contributed by atoms with E-state index in [1.54, 1.807) is 54.7 Å². The number of halogens is 2. The molecule has 0 radical (unpaired) electrons. The minimum atomic E-state index is -1.03. The van der Waals surface area contributed by atoms with Crippen molar-refractivity contribution < 1.29 is 27.8 Å². The summed E-state index contributed by atoms with van der Waals surface area (Å²) in [7, 11) is 1.60. The van der Waals surface area contributed by atoms with E-state index in [1.807, 2.05) is 12.1 Å². The minimum absolute atomic E-state index is 0.0229. The Bertz CT molecular complexity index is 1100. The van der Waals surface area contributed by atoms with E-state index in [0.717, 1.165) is 23.3 Å². The molecule has 0 aromatic heterocycles. The molecule has 0 saturated heterocycles. The predicted molar refractivity (Wildman–Crippen MR) is 130 cm³/mol.